The van der Waals surface area contributed by atoms with Gasteiger partial charge in [0.15, 0.2) is 11.4 Å². The van der Waals surface area contributed by atoms with Crippen molar-refractivity contribution >= 4 is 16.9 Å². The molecule has 0 unspecified atom stereocenters. The smallest absolute Gasteiger partial charge is 0.408 e. The number of ketones is 1. The summed E-state index contributed by atoms with van der Waals surface area (Å²) in [6.07, 6.45) is 3.91. The quantitative estimate of drug-likeness (QED) is 0.683. The summed E-state index contributed by atoms with van der Waals surface area (Å²) in [5.41, 5.74) is 3.51. The number of carbonyl (C=O) groups excluding carboxylic acids is 1. The number of benzene rings is 1. The first-order valence-corrected chi connectivity index (χ1v) is 6.84. The first-order valence-electron chi connectivity index (χ1n) is 6.84. The van der Waals surface area contributed by atoms with Crippen molar-refractivity contribution in [1.29, 1.82) is 0 Å². The molecule has 106 valence electrons. The number of Topliss-reactive ketones (excluding diaryl/α,β-unsaturated/α-hetero) is 1. The monoisotopic (exact) mass is 283 g/mol. The number of carbonyl (C=O) groups is 1. The number of hydrogen-bond acceptors (Lipinski definition) is 4. The number of imidazole rings is 1. The lowest BCUT2D eigenvalue weighted by molar-refractivity contribution is 0.0965. The molecule has 2 aromatic heterocycles. The molecule has 0 fully saturated rings. The minimum Gasteiger partial charge on any atom is -0.408 e. The van der Waals surface area contributed by atoms with Gasteiger partial charge < -0.3 is 4.42 Å². The van der Waals surface area contributed by atoms with Crippen LogP contribution in [0.15, 0.2) is 33.7 Å². The molecule has 2 heterocycles. The van der Waals surface area contributed by atoms with Gasteiger partial charge in [0, 0.05) is 19.5 Å². The minimum atomic E-state index is -0.397. The summed E-state index contributed by atoms with van der Waals surface area (Å²) >= 11 is 0. The lowest BCUT2D eigenvalue weighted by Crippen LogP contribution is -2.14. The van der Waals surface area contributed by atoms with E-state index in [2.05, 4.69) is 4.98 Å². The van der Waals surface area contributed by atoms with E-state index in [1.807, 2.05) is 12.1 Å². The topological polar surface area (TPSA) is 70.0 Å². The van der Waals surface area contributed by atoms with Crippen molar-refractivity contribution in [2.24, 2.45) is 7.05 Å². The van der Waals surface area contributed by atoms with Crippen LogP contribution in [-0.2, 0) is 13.5 Å². The fourth-order valence-corrected chi connectivity index (χ4v) is 2.87. The zero-order chi connectivity index (χ0) is 14.6. The van der Waals surface area contributed by atoms with Crippen LogP contribution in [0.1, 0.15) is 29.0 Å². The van der Waals surface area contributed by atoms with Crippen LogP contribution < -0.4 is 5.76 Å². The van der Waals surface area contributed by atoms with E-state index in [9.17, 15) is 9.59 Å². The van der Waals surface area contributed by atoms with Crippen LogP contribution in [0.2, 0.25) is 0 Å². The fourth-order valence-electron chi connectivity index (χ4n) is 2.87. The van der Waals surface area contributed by atoms with Gasteiger partial charge in [0.25, 0.3) is 0 Å². The number of aryl methyl sites for hydroxylation is 2. The summed E-state index contributed by atoms with van der Waals surface area (Å²) in [7, 11) is 1.66. The maximum absolute atomic E-state index is 12.1. The summed E-state index contributed by atoms with van der Waals surface area (Å²) in [6.45, 7) is 0. The first kappa shape index (κ1) is 12.1. The maximum atomic E-state index is 12.1. The van der Waals surface area contributed by atoms with Gasteiger partial charge in [-0.2, -0.15) is 0 Å². The Bertz CT molecular complexity index is 929. The zero-order valence-corrected chi connectivity index (χ0v) is 11.5. The molecule has 21 heavy (non-hydrogen) atoms. The minimum absolute atomic E-state index is 0.114. The summed E-state index contributed by atoms with van der Waals surface area (Å²) in [4.78, 5) is 28.0. The van der Waals surface area contributed by atoms with E-state index < -0.39 is 5.76 Å². The third-order valence-electron chi connectivity index (χ3n) is 3.98. The second-order valence-electron chi connectivity index (χ2n) is 5.27. The standard InChI is InChI=1S/C15H13N3O3/c1-17-11-6-5-9(7-13(11)21-15(17)20)18-8-16-10-3-2-4-12(19)14(10)18/h5-8H,2-4H2,1H3. The third-order valence-corrected chi connectivity index (χ3v) is 3.98. The maximum Gasteiger partial charge on any atom is 0.419 e. The van der Waals surface area contributed by atoms with Crippen molar-refractivity contribution in [2.75, 3.05) is 0 Å². The Balaban J connectivity index is 1.93. The number of fused-ring (bicyclic) bond motifs is 2. The molecule has 4 rings (SSSR count). The first-order chi connectivity index (χ1) is 10.1. The molecular weight excluding hydrogens is 270 g/mol. The van der Waals surface area contributed by atoms with E-state index in [4.69, 9.17) is 4.42 Å². The molecule has 0 radical (unpaired) electrons. The van der Waals surface area contributed by atoms with Crippen molar-refractivity contribution in [3.63, 3.8) is 0 Å². The molecule has 0 aliphatic heterocycles. The van der Waals surface area contributed by atoms with E-state index in [1.165, 1.54) is 4.57 Å². The van der Waals surface area contributed by atoms with Crippen LogP contribution in [0.25, 0.3) is 16.8 Å². The molecule has 0 saturated carbocycles. The SMILES string of the molecule is Cn1c(=O)oc2cc(-n3cnc4c3C(=O)CCC4)ccc21. The predicted molar refractivity (Wildman–Crippen MR) is 75.8 cm³/mol. The molecule has 0 saturated heterocycles. The number of hydrogen-bond donors (Lipinski definition) is 0. The van der Waals surface area contributed by atoms with Gasteiger partial charge in [-0.15, -0.1) is 0 Å². The number of oxazole rings is 1. The molecule has 0 bridgehead atoms. The van der Waals surface area contributed by atoms with Gasteiger partial charge in [-0.3, -0.25) is 13.9 Å². The highest BCUT2D eigenvalue weighted by Gasteiger charge is 2.23. The Morgan fingerprint density at radius 3 is 2.95 bits per heavy atom. The average Bonchev–Trinajstić information content (AvgIpc) is 3.02. The van der Waals surface area contributed by atoms with E-state index in [0.717, 1.165) is 29.7 Å². The summed E-state index contributed by atoms with van der Waals surface area (Å²) in [5, 5.41) is 0. The summed E-state index contributed by atoms with van der Waals surface area (Å²) in [5.74, 6) is -0.283. The Hall–Kier alpha value is -2.63. The highest BCUT2D eigenvalue weighted by molar-refractivity contribution is 5.97. The molecule has 6 nitrogen and oxygen atoms in total. The Morgan fingerprint density at radius 1 is 1.24 bits per heavy atom. The molecule has 0 spiro atoms. The predicted octanol–water partition coefficient (Wildman–Crippen LogP) is 1.84. The van der Waals surface area contributed by atoms with Gasteiger partial charge in [-0.05, 0) is 25.0 Å². The van der Waals surface area contributed by atoms with Crippen molar-refractivity contribution < 1.29 is 9.21 Å². The lowest BCUT2D eigenvalue weighted by atomic mass is 9.99. The highest BCUT2D eigenvalue weighted by atomic mass is 16.4. The average molecular weight is 283 g/mol. The second kappa shape index (κ2) is 4.18. The van der Waals surface area contributed by atoms with Crippen LogP contribution in [0.3, 0.4) is 0 Å². The van der Waals surface area contributed by atoms with E-state index in [-0.39, 0.29) is 5.78 Å². The van der Waals surface area contributed by atoms with Gasteiger partial charge >= 0.3 is 5.76 Å². The van der Waals surface area contributed by atoms with Crippen molar-refractivity contribution in [2.45, 2.75) is 19.3 Å². The van der Waals surface area contributed by atoms with Crippen LogP contribution in [-0.4, -0.2) is 19.9 Å². The zero-order valence-electron chi connectivity index (χ0n) is 11.5. The van der Waals surface area contributed by atoms with Crippen molar-refractivity contribution in [3.8, 4) is 5.69 Å². The Kier molecular flexibility index (Phi) is 2.42. The molecule has 0 N–H and O–H groups in total. The Labute approximate surface area is 119 Å². The van der Waals surface area contributed by atoms with Crippen LogP contribution >= 0.6 is 0 Å². The summed E-state index contributed by atoms with van der Waals surface area (Å²) in [6, 6.07) is 5.44. The molecule has 6 heteroatoms. The van der Waals surface area contributed by atoms with Crippen LogP contribution in [0, 0.1) is 0 Å². The van der Waals surface area contributed by atoms with Gasteiger partial charge in [-0.1, -0.05) is 0 Å². The van der Waals surface area contributed by atoms with Gasteiger partial charge in [0.05, 0.1) is 16.9 Å². The molecule has 0 atom stereocenters. The largest absolute Gasteiger partial charge is 0.419 e. The number of rotatable bonds is 1. The number of nitrogens with zero attached hydrogens (tertiary/aromatic N) is 3. The molecule has 3 aromatic rings. The van der Waals surface area contributed by atoms with E-state index >= 15 is 0 Å². The van der Waals surface area contributed by atoms with Crippen LogP contribution in [0.4, 0.5) is 0 Å². The molecule has 1 aliphatic carbocycles. The van der Waals surface area contributed by atoms with E-state index in [1.54, 1.807) is 24.0 Å². The fraction of sp³-hybridized carbons (Fsp3) is 0.267. The van der Waals surface area contributed by atoms with Gasteiger partial charge in [-0.25, -0.2) is 9.78 Å². The van der Waals surface area contributed by atoms with Gasteiger partial charge in [0.2, 0.25) is 0 Å². The molecule has 1 aliphatic rings. The van der Waals surface area contributed by atoms with E-state index in [0.29, 0.717) is 17.7 Å². The molecule has 0 amide bonds. The molecule has 1 aromatic carbocycles. The Morgan fingerprint density at radius 2 is 2.10 bits per heavy atom. The highest BCUT2D eigenvalue weighted by Crippen LogP contribution is 2.25. The normalized spacial score (nSPS) is 14.6. The lowest BCUT2D eigenvalue weighted by Gasteiger charge is -2.12. The third kappa shape index (κ3) is 1.68. The van der Waals surface area contributed by atoms with Crippen molar-refractivity contribution in [1.82, 2.24) is 14.1 Å². The van der Waals surface area contributed by atoms with Crippen LogP contribution in [0.5, 0.6) is 0 Å². The second-order valence-corrected chi connectivity index (χ2v) is 5.27. The van der Waals surface area contributed by atoms with Gasteiger partial charge in [0.1, 0.15) is 12.0 Å². The molecular formula is C15H13N3O3. The summed E-state index contributed by atoms with van der Waals surface area (Å²) < 4.78 is 8.43. The van der Waals surface area contributed by atoms with Crippen molar-refractivity contribution in [3.05, 3.63) is 46.5 Å². The number of aromatic nitrogens is 3.